The average Bonchev–Trinajstić information content (AvgIpc) is 2.68. The largest absolute Gasteiger partial charge is 0.406 e. The van der Waals surface area contributed by atoms with Gasteiger partial charge >= 0.3 is 0 Å². The number of rotatable bonds is 3. The summed E-state index contributed by atoms with van der Waals surface area (Å²) in [6, 6.07) is 27.9. The summed E-state index contributed by atoms with van der Waals surface area (Å²) in [5.74, 6) is 0. The van der Waals surface area contributed by atoms with Crippen LogP contribution in [0.2, 0.25) is 0 Å². The number of nitrogens with zero attached hydrogens (tertiary/aromatic N) is 1. The zero-order valence-electron chi connectivity index (χ0n) is 20.8. The van der Waals surface area contributed by atoms with Gasteiger partial charge in [-0.25, -0.2) is 0 Å². The van der Waals surface area contributed by atoms with Crippen molar-refractivity contribution in [3.05, 3.63) is 78.9 Å². The molecule has 32 heavy (non-hydrogen) atoms. The summed E-state index contributed by atoms with van der Waals surface area (Å²) in [6.07, 6.45) is 0. The van der Waals surface area contributed by atoms with Crippen molar-refractivity contribution in [2.24, 2.45) is 0 Å². The Morgan fingerprint density at radius 2 is 1.28 bits per heavy atom. The summed E-state index contributed by atoms with van der Waals surface area (Å²) >= 11 is 0. The molecule has 4 heteroatoms. The van der Waals surface area contributed by atoms with Crippen molar-refractivity contribution >= 4 is 24.6 Å². The molecule has 0 aliphatic rings. The maximum Gasteiger partial charge on any atom is 0.0927 e. The first-order valence-corrected chi connectivity index (χ1v) is 12.4. The minimum Gasteiger partial charge on any atom is -0.406 e. The molecule has 0 spiro atoms. The summed E-state index contributed by atoms with van der Waals surface area (Å²) in [4.78, 5) is 2.16. The van der Waals surface area contributed by atoms with Crippen molar-refractivity contribution in [2.45, 2.75) is 51.9 Å². The summed E-state index contributed by atoms with van der Waals surface area (Å²) in [6.45, 7) is 14.3. The van der Waals surface area contributed by atoms with Gasteiger partial charge in [-0.1, -0.05) is 23.8 Å². The van der Waals surface area contributed by atoms with Gasteiger partial charge in [-0.3, -0.25) is 0 Å². The molecule has 0 saturated heterocycles. The van der Waals surface area contributed by atoms with Gasteiger partial charge in [-0.2, -0.15) is 0 Å². The second-order valence-corrected chi connectivity index (χ2v) is 14.5. The monoisotopic (exact) mass is 540 g/mol. The average molecular weight is 541 g/mol. The van der Waals surface area contributed by atoms with Gasteiger partial charge in [-0.15, -0.1) is 35.9 Å². The van der Waals surface area contributed by atoms with Crippen LogP contribution in [0.25, 0.3) is 11.1 Å². The predicted octanol–water partition coefficient (Wildman–Crippen LogP) is 6.92. The molecular weight excluding hydrogens is 502 g/mol. The van der Waals surface area contributed by atoms with Gasteiger partial charge in [0.15, 0.2) is 0 Å². The van der Waals surface area contributed by atoms with E-state index in [-0.39, 0.29) is 20.4 Å². The number of nitrogen functional groups attached to an aromatic ring is 1. The molecule has 0 bridgehead atoms. The van der Waals surface area contributed by atoms with E-state index in [2.05, 4.69) is 90.9 Å². The summed E-state index contributed by atoms with van der Waals surface area (Å²) in [7, 11) is 3.57. The third kappa shape index (κ3) is 8.04. The molecule has 0 atom stereocenters. The molecule has 0 aliphatic carbocycles. The fraction of sp³-hybridized carbons (Fsp3) is 0.357. The van der Waals surface area contributed by atoms with Crippen LogP contribution in [0.1, 0.15) is 41.5 Å². The van der Waals surface area contributed by atoms with Gasteiger partial charge in [0.2, 0.25) is 0 Å². The Bertz CT molecular complexity index is 926. The van der Waals surface area contributed by atoms with Gasteiger partial charge in [0.25, 0.3) is 0 Å². The number of nitrogens with two attached hydrogens (primary N) is 1. The first-order valence-electron chi connectivity index (χ1n) is 10.9. The number of hydrogen-bond acceptors (Lipinski definition) is 2. The quantitative estimate of drug-likeness (QED) is 0.169. The molecule has 0 amide bonds. The minimum absolute atomic E-state index is 0. The van der Waals surface area contributed by atoms with Crippen molar-refractivity contribution in [1.29, 1.82) is 0 Å². The second kappa shape index (κ2) is 12.0. The van der Waals surface area contributed by atoms with E-state index in [9.17, 15) is 0 Å². The molecule has 2 N–H and O–H groups in total. The zero-order valence-corrected chi connectivity index (χ0v) is 23.3. The van der Waals surface area contributed by atoms with E-state index in [0.29, 0.717) is 10.3 Å². The molecule has 2 nitrogen and oxygen atoms in total. The molecule has 3 rings (SSSR count). The van der Waals surface area contributed by atoms with E-state index in [1.165, 1.54) is 5.69 Å². The molecule has 0 unspecified atom stereocenters. The van der Waals surface area contributed by atoms with E-state index in [1.54, 1.807) is 5.30 Å². The van der Waals surface area contributed by atoms with E-state index in [4.69, 9.17) is 5.73 Å². The Labute approximate surface area is 211 Å². The summed E-state index contributed by atoms with van der Waals surface area (Å²) in [5, 5.41) is 2.30. The van der Waals surface area contributed by atoms with Crippen LogP contribution in [0, 0.1) is 6.07 Å². The summed E-state index contributed by atoms with van der Waals surface area (Å²) in [5.41, 5.74) is 10.00. The molecule has 0 heterocycles. The molecule has 0 saturated carbocycles. The number of anilines is 2. The molecule has 3 aromatic carbocycles. The van der Waals surface area contributed by atoms with E-state index >= 15 is 0 Å². The molecule has 0 aliphatic heterocycles. The number of benzene rings is 3. The van der Waals surface area contributed by atoms with Gasteiger partial charge in [0.1, 0.15) is 0 Å². The Morgan fingerprint density at radius 1 is 0.750 bits per heavy atom. The molecule has 0 fully saturated rings. The first kappa shape index (κ1) is 28.4. The van der Waals surface area contributed by atoms with Gasteiger partial charge in [0, 0.05) is 48.1 Å². The minimum atomic E-state index is -0.614. The third-order valence-corrected chi connectivity index (χ3v) is 9.04. The van der Waals surface area contributed by atoms with Crippen molar-refractivity contribution in [3.8, 4) is 11.1 Å². The van der Waals surface area contributed by atoms with Crippen LogP contribution in [0.5, 0.6) is 0 Å². The van der Waals surface area contributed by atoms with Gasteiger partial charge < -0.3 is 10.6 Å². The van der Waals surface area contributed by atoms with E-state index < -0.39 is 7.92 Å². The SMILES string of the molecule is CN(C)c1ccc([PH+](C(C)(C)C)C(C)(C)C)cc1.Nc1ccccc1-c1[c-]cccc1.[Pd]. The Kier molecular flexibility index (Phi) is 10.6. The first-order chi connectivity index (χ1) is 14.4. The van der Waals surface area contributed by atoms with Crippen LogP contribution in [-0.4, -0.2) is 24.4 Å². The number of hydrogen-bond donors (Lipinski definition) is 1. The van der Waals surface area contributed by atoms with E-state index in [0.717, 1.165) is 16.8 Å². The Hall–Kier alpha value is -1.65. The van der Waals surface area contributed by atoms with Crippen LogP contribution in [0.4, 0.5) is 11.4 Å². The second-order valence-electron chi connectivity index (χ2n) is 10.2. The fourth-order valence-corrected chi connectivity index (χ4v) is 8.70. The smallest absolute Gasteiger partial charge is 0.0927 e. The summed E-state index contributed by atoms with van der Waals surface area (Å²) < 4.78 is 0. The van der Waals surface area contributed by atoms with Crippen LogP contribution >= 0.6 is 7.92 Å². The van der Waals surface area contributed by atoms with Crippen molar-refractivity contribution < 1.29 is 20.4 Å². The molecular formula is C28H39N2PPd. The standard InChI is InChI=1S/C16H28NP.C12H10N.Pd/c1-15(2,3)18(16(4,5)6)14-11-9-13(10-12-14)17(7)8;13-12-9-5-4-8-11(12)10-6-2-1-3-7-10;/h9-12H,1-8H3;1-6,8-9H,13H2;/q;-1;/p+1. The van der Waals surface area contributed by atoms with Crippen molar-refractivity contribution in [3.63, 3.8) is 0 Å². The van der Waals surface area contributed by atoms with Crippen molar-refractivity contribution in [2.75, 3.05) is 24.7 Å². The van der Waals surface area contributed by atoms with Crippen LogP contribution < -0.4 is 15.9 Å². The molecule has 176 valence electrons. The maximum atomic E-state index is 5.83. The molecule has 0 radical (unpaired) electrons. The molecule has 0 aromatic heterocycles. The van der Waals surface area contributed by atoms with Gasteiger partial charge in [-0.05, 0) is 77.6 Å². The Morgan fingerprint density at radius 3 is 1.72 bits per heavy atom. The van der Waals surface area contributed by atoms with Crippen molar-refractivity contribution in [1.82, 2.24) is 0 Å². The normalized spacial score (nSPS) is 11.3. The fourth-order valence-electron chi connectivity index (χ4n) is 4.22. The number of para-hydroxylation sites is 1. The topological polar surface area (TPSA) is 29.3 Å². The van der Waals surface area contributed by atoms with Gasteiger partial charge in [0.05, 0.1) is 15.6 Å². The zero-order chi connectivity index (χ0) is 23.2. The third-order valence-electron chi connectivity index (χ3n) is 5.13. The van der Waals surface area contributed by atoms with E-state index in [1.807, 2.05) is 48.5 Å². The predicted molar refractivity (Wildman–Crippen MR) is 143 cm³/mol. The van der Waals surface area contributed by atoms with Crippen LogP contribution in [-0.2, 0) is 20.4 Å². The van der Waals surface area contributed by atoms with Crippen LogP contribution in [0.15, 0.2) is 72.8 Å². The Balaban J connectivity index is 0.000000324. The van der Waals surface area contributed by atoms with Crippen LogP contribution in [0.3, 0.4) is 0 Å². The molecule has 3 aromatic rings. The maximum absolute atomic E-state index is 5.83.